The fourth-order valence-corrected chi connectivity index (χ4v) is 1.80. The van der Waals surface area contributed by atoms with Gasteiger partial charge in [-0.15, -0.1) is 0 Å². The molecule has 1 atom stereocenters. The van der Waals surface area contributed by atoms with Crippen LogP contribution in [0.15, 0.2) is 48.5 Å². The number of hydrogen-bond acceptors (Lipinski definition) is 3. The van der Waals surface area contributed by atoms with Crippen molar-refractivity contribution in [2.75, 3.05) is 0 Å². The lowest BCUT2D eigenvalue weighted by Crippen LogP contribution is -2.28. The molecule has 0 aliphatic carbocycles. The van der Waals surface area contributed by atoms with Gasteiger partial charge in [-0.25, -0.2) is 13.6 Å². The van der Waals surface area contributed by atoms with Crippen molar-refractivity contribution in [2.24, 2.45) is 0 Å². The fraction of sp³-hybridized carbons (Fsp3) is 0.125. The van der Waals surface area contributed by atoms with Crippen LogP contribution in [0.1, 0.15) is 17.2 Å². The Morgan fingerprint density at radius 1 is 1.23 bits per heavy atom. The minimum Gasteiger partial charge on any atom is -0.445 e. The molecule has 1 amide bonds. The predicted molar refractivity (Wildman–Crippen MR) is 74.5 cm³/mol. The highest BCUT2D eigenvalue weighted by molar-refractivity contribution is 5.68. The highest BCUT2D eigenvalue weighted by Gasteiger charge is 2.18. The van der Waals surface area contributed by atoms with Crippen molar-refractivity contribution in [3.05, 3.63) is 71.3 Å². The molecule has 2 rings (SSSR count). The number of halogens is 2. The summed E-state index contributed by atoms with van der Waals surface area (Å²) in [5, 5.41) is 11.3. The zero-order valence-corrected chi connectivity index (χ0v) is 11.4. The maximum absolute atomic E-state index is 13.6. The van der Waals surface area contributed by atoms with E-state index in [1.165, 1.54) is 0 Å². The van der Waals surface area contributed by atoms with E-state index in [2.05, 4.69) is 5.32 Å². The molecule has 6 heteroatoms. The first-order valence-electron chi connectivity index (χ1n) is 6.42. The number of nitrogens with zero attached hydrogens (tertiary/aromatic N) is 1. The third-order valence-corrected chi connectivity index (χ3v) is 2.88. The van der Waals surface area contributed by atoms with E-state index >= 15 is 0 Å². The number of amides is 1. The summed E-state index contributed by atoms with van der Waals surface area (Å²) in [4.78, 5) is 11.7. The Bertz CT molecular complexity index is 699. The summed E-state index contributed by atoms with van der Waals surface area (Å²) in [6, 6.07) is 12.2. The molecule has 22 heavy (non-hydrogen) atoms. The zero-order chi connectivity index (χ0) is 15.9. The van der Waals surface area contributed by atoms with Crippen molar-refractivity contribution < 1.29 is 18.3 Å². The van der Waals surface area contributed by atoms with Crippen LogP contribution in [0.25, 0.3) is 0 Å². The van der Waals surface area contributed by atoms with Crippen LogP contribution in [0.3, 0.4) is 0 Å². The minimum atomic E-state index is -1.26. The van der Waals surface area contributed by atoms with Crippen molar-refractivity contribution in [2.45, 2.75) is 12.6 Å². The van der Waals surface area contributed by atoms with Crippen LogP contribution in [0.2, 0.25) is 0 Å². The van der Waals surface area contributed by atoms with E-state index in [0.29, 0.717) is 6.07 Å². The predicted octanol–water partition coefficient (Wildman–Crippen LogP) is 3.46. The molecule has 2 aromatic rings. The van der Waals surface area contributed by atoms with Gasteiger partial charge in [0, 0.05) is 11.6 Å². The van der Waals surface area contributed by atoms with Gasteiger partial charge in [0.05, 0.1) is 6.07 Å². The summed E-state index contributed by atoms with van der Waals surface area (Å²) in [7, 11) is 0. The van der Waals surface area contributed by atoms with Crippen molar-refractivity contribution in [3.8, 4) is 6.07 Å². The lowest BCUT2D eigenvalue weighted by molar-refractivity contribution is 0.137. The third-order valence-electron chi connectivity index (χ3n) is 2.88. The molecule has 1 N–H and O–H groups in total. The Kier molecular flexibility index (Phi) is 5.04. The molecule has 1 unspecified atom stereocenters. The summed E-state index contributed by atoms with van der Waals surface area (Å²) >= 11 is 0. The summed E-state index contributed by atoms with van der Waals surface area (Å²) in [5.41, 5.74) is 0.652. The molecule has 0 spiro atoms. The molecule has 0 saturated carbocycles. The van der Waals surface area contributed by atoms with Gasteiger partial charge in [0.1, 0.15) is 24.3 Å². The number of nitriles is 1. The zero-order valence-electron chi connectivity index (χ0n) is 11.4. The van der Waals surface area contributed by atoms with Gasteiger partial charge < -0.3 is 10.1 Å². The van der Waals surface area contributed by atoms with Gasteiger partial charge in [0.2, 0.25) is 0 Å². The summed E-state index contributed by atoms with van der Waals surface area (Å²) in [6.45, 7) is 0.0245. The largest absolute Gasteiger partial charge is 0.445 e. The number of ether oxygens (including phenoxy) is 1. The van der Waals surface area contributed by atoms with Gasteiger partial charge in [-0.2, -0.15) is 5.26 Å². The van der Waals surface area contributed by atoms with E-state index in [4.69, 9.17) is 10.00 Å². The van der Waals surface area contributed by atoms with Gasteiger partial charge in [-0.05, 0) is 11.6 Å². The number of nitrogens with one attached hydrogen (secondary N) is 1. The van der Waals surface area contributed by atoms with Gasteiger partial charge in [0.15, 0.2) is 0 Å². The first-order valence-corrected chi connectivity index (χ1v) is 6.42. The normalized spacial score (nSPS) is 11.3. The Hall–Kier alpha value is -2.94. The standard InChI is InChI=1S/C16H12F2N2O2/c17-12-6-7-13(14(18)8-12)15(9-19)20-16(21)22-10-11-4-2-1-3-5-11/h1-8,15H,10H2,(H,20,21). The number of carbonyl (C=O) groups excluding carboxylic acids is 1. The monoisotopic (exact) mass is 302 g/mol. The van der Waals surface area contributed by atoms with Crippen molar-refractivity contribution in [3.63, 3.8) is 0 Å². The summed E-state index contributed by atoms with van der Waals surface area (Å²) < 4.78 is 31.4. The van der Waals surface area contributed by atoms with Crippen LogP contribution in [0, 0.1) is 23.0 Å². The molecule has 0 bridgehead atoms. The average Bonchev–Trinajstić information content (AvgIpc) is 2.52. The highest BCUT2D eigenvalue weighted by Crippen LogP contribution is 2.17. The van der Waals surface area contributed by atoms with Gasteiger partial charge in [0.25, 0.3) is 0 Å². The van der Waals surface area contributed by atoms with E-state index in [0.717, 1.165) is 17.7 Å². The average molecular weight is 302 g/mol. The maximum Gasteiger partial charge on any atom is 0.408 e. The van der Waals surface area contributed by atoms with E-state index in [1.807, 2.05) is 6.07 Å². The summed E-state index contributed by atoms with van der Waals surface area (Å²) in [6.07, 6.45) is -0.862. The second-order valence-electron chi connectivity index (χ2n) is 4.43. The second kappa shape index (κ2) is 7.18. The molecule has 0 saturated heterocycles. The highest BCUT2D eigenvalue weighted by atomic mass is 19.1. The fourth-order valence-electron chi connectivity index (χ4n) is 1.80. The molecule has 0 fully saturated rings. The second-order valence-corrected chi connectivity index (χ2v) is 4.43. The van der Waals surface area contributed by atoms with Gasteiger partial charge in [-0.1, -0.05) is 36.4 Å². The van der Waals surface area contributed by atoms with E-state index in [9.17, 15) is 13.6 Å². The van der Waals surface area contributed by atoms with Crippen LogP contribution in [-0.4, -0.2) is 6.09 Å². The number of rotatable bonds is 4. The quantitative estimate of drug-likeness (QED) is 0.940. The molecule has 112 valence electrons. The van der Waals surface area contributed by atoms with Crippen LogP contribution in [0.4, 0.5) is 13.6 Å². The number of alkyl carbamates (subject to hydrolysis) is 1. The third kappa shape index (κ3) is 4.03. The molecule has 0 radical (unpaired) electrons. The number of benzene rings is 2. The smallest absolute Gasteiger partial charge is 0.408 e. The number of hydrogen-bond donors (Lipinski definition) is 1. The minimum absolute atomic E-state index is 0.0245. The Morgan fingerprint density at radius 2 is 1.95 bits per heavy atom. The Labute approximate surface area is 125 Å². The molecule has 0 aromatic heterocycles. The molecule has 0 heterocycles. The molecule has 4 nitrogen and oxygen atoms in total. The van der Waals surface area contributed by atoms with Crippen molar-refractivity contribution in [1.82, 2.24) is 5.32 Å². The SMILES string of the molecule is N#CC(NC(=O)OCc1ccccc1)c1ccc(F)cc1F. The van der Waals surface area contributed by atoms with Crippen LogP contribution >= 0.6 is 0 Å². The molecule has 2 aromatic carbocycles. The number of carbonyl (C=O) groups is 1. The van der Waals surface area contributed by atoms with E-state index in [-0.39, 0.29) is 12.2 Å². The van der Waals surface area contributed by atoms with Gasteiger partial charge >= 0.3 is 6.09 Å². The Morgan fingerprint density at radius 3 is 2.59 bits per heavy atom. The lowest BCUT2D eigenvalue weighted by Gasteiger charge is -2.13. The maximum atomic E-state index is 13.6. The first-order chi connectivity index (χ1) is 10.6. The van der Waals surface area contributed by atoms with E-state index in [1.54, 1.807) is 30.3 Å². The summed E-state index contributed by atoms with van der Waals surface area (Å²) in [5.74, 6) is -1.67. The van der Waals surface area contributed by atoms with Crippen molar-refractivity contribution in [1.29, 1.82) is 5.26 Å². The topological polar surface area (TPSA) is 62.1 Å². The molecule has 0 aliphatic heterocycles. The lowest BCUT2D eigenvalue weighted by atomic mass is 10.1. The van der Waals surface area contributed by atoms with Gasteiger partial charge in [-0.3, -0.25) is 0 Å². The van der Waals surface area contributed by atoms with Crippen LogP contribution < -0.4 is 5.32 Å². The molecular weight excluding hydrogens is 290 g/mol. The first kappa shape index (κ1) is 15.4. The molecule has 0 aliphatic rings. The van der Waals surface area contributed by atoms with Crippen LogP contribution in [0.5, 0.6) is 0 Å². The Balaban J connectivity index is 1.98. The van der Waals surface area contributed by atoms with E-state index < -0.39 is 23.8 Å². The van der Waals surface area contributed by atoms with Crippen LogP contribution in [-0.2, 0) is 11.3 Å². The molecular formula is C16H12F2N2O2. The van der Waals surface area contributed by atoms with Crippen molar-refractivity contribution >= 4 is 6.09 Å².